The van der Waals surface area contributed by atoms with Crippen LogP contribution in [-0.4, -0.2) is 30.6 Å². The molecule has 1 atom stereocenters. The lowest BCUT2D eigenvalue weighted by Crippen LogP contribution is -2.41. The molecule has 2 N–H and O–H groups in total. The molecule has 6 nitrogen and oxygen atoms in total. The van der Waals surface area contributed by atoms with E-state index in [2.05, 4.69) is 26.7 Å². The maximum absolute atomic E-state index is 13.0. The van der Waals surface area contributed by atoms with Crippen molar-refractivity contribution in [3.63, 3.8) is 0 Å². The van der Waals surface area contributed by atoms with E-state index in [1.165, 1.54) is 17.7 Å². The van der Waals surface area contributed by atoms with Crippen LogP contribution in [0.15, 0.2) is 71.9 Å². The van der Waals surface area contributed by atoms with Crippen LogP contribution in [0.25, 0.3) is 0 Å². The predicted molar refractivity (Wildman–Crippen MR) is 129 cm³/mol. The van der Waals surface area contributed by atoms with E-state index in [1.807, 2.05) is 24.3 Å². The summed E-state index contributed by atoms with van der Waals surface area (Å²) in [6.07, 6.45) is 2.71. The van der Waals surface area contributed by atoms with Crippen LogP contribution < -0.4 is 20.1 Å². The van der Waals surface area contributed by atoms with Gasteiger partial charge in [-0.25, -0.2) is 9.37 Å². The summed E-state index contributed by atoms with van der Waals surface area (Å²) in [6.45, 7) is 1.23. The lowest BCUT2D eigenvalue weighted by molar-refractivity contribution is 0.235. The average Bonchev–Trinajstić information content (AvgIpc) is 3.19. The molecule has 2 heterocycles. The van der Waals surface area contributed by atoms with Crippen molar-refractivity contribution < 1.29 is 13.9 Å². The first kappa shape index (κ1) is 22.8. The number of guanidine groups is 1. The molecule has 0 saturated heterocycles. The van der Waals surface area contributed by atoms with Gasteiger partial charge in [0.2, 0.25) is 5.88 Å². The first-order chi connectivity index (χ1) is 14.7. The number of hydrogen-bond donors (Lipinski definition) is 2. The SMILES string of the molecule is CN=C(NCc1ccc(Oc2ccc(F)cc2)nc1)NCC1Cc2ccccc2O1.I. The van der Waals surface area contributed by atoms with Gasteiger partial charge in [0, 0.05) is 32.3 Å². The minimum atomic E-state index is -0.303. The zero-order chi connectivity index (χ0) is 20.8. The van der Waals surface area contributed by atoms with Crippen LogP contribution >= 0.6 is 24.0 Å². The highest BCUT2D eigenvalue weighted by Crippen LogP contribution is 2.27. The number of rotatable bonds is 6. The van der Waals surface area contributed by atoms with Crippen molar-refractivity contribution in [1.82, 2.24) is 15.6 Å². The Bertz CT molecular complexity index is 988. The molecule has 0 aliphatic carbocycles. The summed E-state index contributed by atoms with van der Waals surface area (Å²) in [4.78, 5) is 8.55. The van der Waals surface area contributed by atoms with Crippen LogP contribution in [0.3, 0.4) is 0 Å². The van der Waals surface area contributed by atoms with E-state index in [1.54, 1.807) is 31.4 Å². The van der Waals surface area contributed by atoms with Gasteiger partial charge >= 0.3 is 0 Å². The summed E-state index contributed by atoms with van der Waals surface area (Å²) in [7, 11) is 1.73. The Morgan fingerprint density at radius 1 is 1.13 bits per heavy atom. The number of hydrogen-bond acceptors (Lipinski definition) is 4. The van der Waals surface area contributed by atoms with Gasteiger partial charge in [-0.1, -0.05) is 24.3 Å². The van der Waals surface area contributed by atoms with E-state index in [0.29, 0.717) is 30.7 Å². The molecule has 2 aromatic carbocycles. The topological polar surface area (TPSA) is 67.8 Å². The van der Waals surface area contributed by atoms with Crippen LogP contribution in [0, 0.1) is 5.82 Å². The molecule has 1 aliphatic heterocycles. The second kappa shape index (κ2) is 10.9. The largest absolute Gasteiger partial charge is 0.488 e. The second-order valence-corrected chi connectivity index (χ2v) is 6.92. The van der Waals surface area contributed by atoms with E-state index in [9.17, 15) is 4.39 Å². The Kier molecular flexibility index (Phi) is 8.05. The standard InChI is InChI=1S/C23H23FN4O2.HI/c1-25-23(28-15-20-12-17-4-2-3-5-21(17)29-20)27-14-16-6-11-22(26-13-16)30-19-9-7-18(24)8-10-19;/h2-11,13,20H,12,14-15H2,1H3,(H2,25,27,28);1H. The molecule has 31 heavy (non-hydrogen) atoms. The summed E-state index contributed by atoms with van der Waals surface area (Å²) in [5.41, 5.74) is 2.22. The lowest BCUT2D eigenvalue weighted by Gasteiger charge is -2.15. The summed E-state index contributed by atoms with van der Waals surface area (Å²) in [5.74, 6) is 2.34. The summed E-state index contributed by atoms with van der Waals surface area (Å²) < 4.78 is 24.5. The molecule has 3 aromatic rings. The fourth-order valence-electron chi connectivity index (χ4n) is 3.18. The van der Waals surface area contributed by atoms with E-state index >= 15 is 0 Å². The van der Waals surface area contributed by atoms with Crippen molar-refractivity contribution in [3.05, 3.63) is 83.8 Å². The summed E-state index contributed by atoms with van der Waals surface area (Å²) in [5, 5.41) is 6.57. The first-order valence-corrected chi connectivity index (χ1v) is 9.77. The summed E-state index contributed by atoms with van der Waals surface area (Å²) in [6, 6.07) is 17.6. The number of halogens is 2. The van der Waals surface area contributed by atoms with Gasteiger partial charge in [-0.05, 0) is 41.5 Å². The fraction of sp³-hybridized carbons (Fsp3) is 0.217. The number of fused-ring (bicyclic) bond motifs is 1. The molecule has 0 fully saturated rings. The minimum absolute atomic E-state index is 0. The van der Waals surface area contributed by atoms with Gasteiger partial charge in [0.05, 0.1) is 6.54 Å². The van der Waals surface area contributed by atoms with Crippen molar-refractivity contribution in [2.45, 2.75) is 19.1 Å². The smallest absolute Gasteiger partial charge is 0.219 e. The molecule has 1 aromatic heterocycles. The normalized spacial score (nSPS) is 14.8. The number of benzene rings is 2. The third-order valence-corrected chi connectivity index (χ3v) is 4.73. The Labute approximate surface area is 197 Å². The molecule has 162 valence electrons. The molecule has 8 heteroatoms. The highest BCUT2D eigenvalue weighted by atomic mass is 127. The quantitative estimate of drug-likeness (QED) is 0.281. The van der Waals surface area contributed by atoms with Gasteiger partial charge in [-0.2, -0.15) is 0 Å². The first-order valence-electron chi connectivity index (χ1n) is 9.77. The number of ether oxygens (including phenoxy) is 2. The molecular formula is C23H24FIN4O2. The van der Waals surface area contributed by atoms with E-state index in [4.69, 9.17) is 9.47 Å². The van der Waals surface area contributed by atoms with Crippen LogP contribution in [0.5, 0.6) is 17.4 Å². The number of nitrogens with one attached hydrogen (secondary N) is 2. The van der Waals surface area contributed by atoms with Crippen molar-refractivity contribution in [2.24, 2.45) is 4.99 Å². The fourth-order valence-corrected chi connectivity index (χ4v) is 3.18. The van der Waals surface area contributed by atoms with Gasteiger partial charge < -0.3 is 20.1 Å². The van der Waals surface area contributed by atoms with Crippen molar-refractivity contribution >= 4 is 29.9 Å². The average molecular weight is 534 g/mol. The Morgan fingerprint density at radius 3 is 2.65 bits per heavy atom. The highest BCUT2D eigenvalue weighted by Gasteiger charge is 2.22. The maximum atomic E-state index is 13.0. The van der Waals surface area contributed by atoms with Crippen molar-refractivity contribution in [1.29, 1.82) is 0 Å². The van der Waals surface area contributed by atoms with Gasteiger partial charge in [0.15, 0.2) is 5.96 Å². The highest BCUT2D eigenvalue weighted by molar-refractivity contribution is 14.0. The van der Waals surface area contributed by atoms with Crippen LogP contribution in [-0.2, 0) is 13.0 Å². The molecule has 1 aliphatic rings. The maximum Gasteiger partial charge on any atom is 0.219 e. The molecule has 0 spiro atoms. The van der Waals surface area contributed by atoms with Crippen molar-refractivity contribution in [3.8, 4) is 17.4 Å². The van der Waals surface area contributed by atoms with E-state index in [-0.39, 0.29) is 35.9 Å². The monoisotopic (exact) mass is 534 g/mol. The Balaban J connectivity index is 0.00000272. The van der Waals surface area contributed by atoms with Crippen LogP contribution in [0.1, 0.15) is 11.1 Å². The van der Waals surface area contributed by atoms with Gasteiger partial charge in [0.25, 0.3) is 0 Å². The summed E-state index contributed by atoms with van der Waals surface area (Å²) >= 11 is 0. The van der Waals surface area contributed by atoms with Gasteiger partial charge in [-0.15, -0.1) is 24.0 Å². The minimum Gasteiger partial charge on any atom is -0.488 e. The molecule has 0 amide bonds. The molecule has 4 rings (SSSR count). The zero-order valence-electron chi connectivity index (χ0n) is 17.0. The lowest BCUT2D eigenvalue weighted by atomic mass is 10.1. The van der Waals surface area contributed by atoms with Crippen LogP contribution in [0.2, 0.25) is 0 Å². The van der Waals surface area contributed by atoms with Crippen molar-refractivity contribution in [2.75, 3.05) is 13.6 Å². The number of para-hydroxylation sites is 1. The third-order valence-electron chi connectivity index (χ3n) is 4.73. The zero-order valence-corrected chi connectivity index (χ0v) is 19.4. The molecule has 1 unspecified atom stereocenters. The van der Waals surface area contributed by atoms with E-state index in [0.717, 1.165) is 17.7 Å². The van der Waals surface area contributed by atoms with Gasteiger partial charge in [0.1, 0.15) is 23.4 Å². The van der Waals surface area contributed by atoms with Crippen LogP contribution in [0.4, 0.5) is 4.39 Å². The number of nitrogens with zero attached hydrogens (tertiary/aromatic N) is 2. The predicted octanol–water partition coefficient (Wildman–Crippen LogP) is 4.30. The number of aromatic nitrogens is 1. The third kappa shape index (κ3) is 6.30. The Hall–Kier alpha value is -2.88. The molecule has 0 saturated carbocycles. The number of pyridine rings is 1. The number of aliphatic imine (C=N–C) groups is 1. The Morgan fingerprint density at radius 2 is 1.94 bits per heavy atom. The van der Waals surface area contributed by atoms with E-state index < -0.39 is 0 Å². The molecule has 0 bridgehead atoms. The second-order valence-electron chi connectivity index (χ2n) is 6.92. The molecular weight excluding hydrogens is 510 g/mol. The molecule has 0 radical (unpaired) electrons. The van der Waals surface area contributed by atoms with Gasteiger partial charge in [-0.3, -0.25) is 4.99 Å².